The number of rotatable bonds is 3. The maximum absolute atomic E-state index is 10.4. The molecule has 0 radical (unpaired) electrons. The summed E-state index contributed by atoms with van der Waals surface area (Å²) < 4.78 is 0. The average molecular weight is 269 g/mol. The van der Waals surface area contributed by atoms with E-state index in [1.54, 1.807) is 0 Å². The number of benzene rings is 1. The van der Waals surface area contributed by atoms with Gasteiger partial charge < -0.3 is 6.53 Å². The molecule has 17 heavy (non-hydrogen) atoms. The molecule has 0 spiro atoms. The summed E-state index contributed by atoms with van der Waals surface area (Å²) in [5.41, 5.74) is -3.00. The molecule has 0 aliphatic rings. The van der Waals surface area contributed by atoms with Gasteiger partial charge in [0.25, 0.3) is 11.4 Å². The summed E-state index contributed by atoms with van der Waals surface area (Å²) in [7, 11) is 0. The molecule has 0 saturated heterocycles. The Hall–Kier alpha value is -1.14. The fourth-order valence-electron chi connectivity index (χ4n) is 0.974. The van der Waals surface area contributed by atoms with Crippen molar-refractivity contribution in [3.8, 4) is 5.75 Å². The van der Waals surface area contributed by atoms with E-state index < -0.39 is 37.6 Å². The van der Waals surface area contributed by atoms with Crippen LogP contribution in [-0.2, 0) is 0 Å². The summed E-state index contributed by atoms with van der Waals surface area (Å²) in [4.78, 5) is 27.8. The molecule has 1 N–H and O–H groups in total. The van der Waals surface area contributed by atoms with Crippen molar-refractivity contribution in [2.24, 2.45) is 0 Å². The second-order valence-electron chi connectivity index (χ2n) is 2.60. The predicted octanol–water partition coefficient (Wildman–Crippen LogP) is -1.77. The van der Waals surface area contributed by atoms with Crippen molar-refractivity contribution in [3.05, 3.63) is 42.5 Å². The Morgan fingerprint density at radius 1 is 0.941 bits per heavy atom. The monoisotopic (exact) mass is 269 g/mol. The van der Waals surface area contributed by atoms with Gasteiger partial charge in [-0.1, -0.05) is 0 Å². The van der Waals surface area contributed by atoms with Crippen molar-refractivity contribution in [2.45, 2.75) is 0 Å². The number of nitro benzene ring substituents is 3. The van der Waals surface area contributed by atoms with Crippen molar-refractivity contribution in [2.75, 3.05) is 0 Å². The van der Waals surface area contributed by atoms with Crippen LogP contribution < -0.4 is 51.4 Å². The smallest absolute Gasteiger partial charge is 1.00 e. The Kier molecular flexibility index (Phi) is 5.57. The molecule has 10 nitrogen and oxygen atoms in total. The van der Waals surface area contributed by atoms with Gasteiger partial charge in [-0.25, -0.2) is 0 Å². The quantitative estimate of drug-likeness (QED) is 0.387. The molecule has 0 saturated carbocycles. The fourth-order valence-corrected chi connectivity index (χ4v) is 0.974. The van der Waals surface area contributed by atoms with Gasteiger partial charge in [0.1, 0.15) is 0 Å². The third-order valence-electron chi connectivity index (χ3n) is 1.66. The Bertz CT molecular complexity index is 473. The van der Waals surface area contributed by atoms with Crippen LogP contribution in [0.4, 0.5) is 17.1 Å². The van der Waals surface area contributed by atoms with E-state index in [1.165, 1.54) is 0 Å². The van der Waals surface area contributed by atoms with Gasteiger partial charge in [0, 0.05) is 0 Å². The normalized spacial score (nSPS) is 9.18. The molecule has 0 bridgehead atoms. The molecule has 0 aliphatic carbocycles. The van der Waals surface area contributed by atoms with Gasteiger partial charge in [0.15, 0.2) is 0 Å². The van der Waals surface area contributed by atoms with Gasteiger partial charge in [0.05, 0.1) is 26.9 Å². The largest absolute Gasteiger partial charge is 1.00 e. The van der Waals surface area contributed by atoms with Crippen LogP contribution in [0.1, 0.15) is 1.43 Å². The Morgan fingerprint density at radius 3 is 1.53 bits per heavy atom. The second-order valence-corrected chi connectivity index (χ2v) is 2.60. The maximum Gasteiger partial charge on any atom is 1.00 e. The molecule has 0 fully saturated rings. The van der Waals surface area contributed by atoms with Crippen LogP contribution in [0.2, 0.25) is 0 Å². The van der Waals surface area contributed by atoms with E-state index >= 15 is 0 Å². The van der Waals surface area contributed by atoms with Gasteiger partial charge in [-0.3, -0.25) is 30.3 Å². The molecule has 0 heterocycles. The molecule has 1 aromatic carbocycles. The van der Waals surface area contributed by atoms with Crippen molar-refractivity contribution >= 4 is 17.1 Å². The Morgan fingerprint density at radius 2 is 1.29 bits per heavy atom. The topological polar surface area (TPSA) is 150 Å². The van der Waals surface area contributed by atoms with Crippen LogP contribution in [0.3, 0.4) is 0 Å². The van der Waals surface area contributed by atoms with E-state index in [0.29, 0.717) is 12.1 Å². The van der Waals surface area contributed by atoms with Crippen molar-refractivity contribution in [3.63, 3.8) is 0 Å². The minimum atomic E-state index is -1.21. The molecule has 11 heteroatoms. The Balaban J connectivity index is 0. The number of non-ortho nitro benzene ring substituents is 1. The predicted molar refractivity (Wildman–Crippen MR) is 49.2 cm³/mol. The third-order valence-corrected chi connectivity index (χ3v) is 1.66. The van der Waals surface area contributed by atoms with E-state index in [2.05, 4.69) is 0 Å². The second kappa shape index (κ2) is 5.97. The first-order chi connectivity index (χ1) is 7.34. The first kappa shape index (κ1) is 15.9. The summed E-state index contributed by atoms with van der Waals surface area (Å²) in [5.74, 6) is -1.21. The van der Waals surface area contributed by atoms with Crippen molar-refractivity contribution in [1.29, 1.82) is 0 Å². The zero-order chi connectivity index (χ0) is 12.5. The first-order valence-electron chi connectivity index (χ1n) is 3.64. The number of hydrogen-bond acceptors (Lipinski definition) is 7. The maximum atomic E-state index is 10.4. The van der Waals surface area contributed by atoms with Crippen LogP contribution in [0.15, 0.2) is 12.1 Å². The van der Waals surface area contributed by atoms with E-state index in [4.69, 9.17) is 5.11 Å². The van der Waals surface area contributed by atoms with Gasteiger partial charge >= 0.3 is 62.8 Å². The summed E-state index contributed by atoms with van der Waals surface area (Å²) in [5, 5.41) is 40.2. The van der Waals surface area contributed by atoms with Gasteiger partial charge in [0.2, 0.25) is 0 Å². The number of phenols is 1. The summed E-state index contributed by atoms with van der Waals surface area (Å²) in [6.45, 7) is 0. The van der Waals surface area contributed by atoms with E-state index in [1.807, 2.05) is 0 Å². The van der Waals surface area contributed by atoms with Gasteiger partial charge in [-0.05, 0) is 0 Å². The zero-order valence-corrected chi connectivity index (χ0v) is 11.5. The first-order valence-corrected chi connectivity index (χ1v) is 3.64. The van der Waals surface area contributed by atoms with Crippen molar-refractivity contribution < 1.29 is 72.7 Å². The van der Waals surface area contributed by atoms with E-state index in [-0.39, 0.29) is 52.8 Å². The number of aromatic hydroxyl groups is 1. The molecule has 0 unspecified atom stereocenters. The zero-order valence-electron chi connectivity index (χ0n) is 9.39. The van der Waals surface area contributed by atoms with Crippen LogP contribution in [0, 0.1) is 30.3 Å². The van der Waals surface area contributed by atoms with Crippen LogP contribution in [-0.4, -0.2) is 19.9 Å². The molecular weight excluding hydrogens is 265 g/mol. The SMILES string of the molecule is O=[N+]([O-])c1cc([N+](=O)[O-])c(O)c([N+](=O)[O-])c1.[H-].[K+]. The number of hydrogen-bond donors (Lipinski definition) is 1. The summed E-state index contributed by atoms with van der Waals surface area (Å²) in [6.07, 6.45) is 0. The fraction of sp³-hybridized carbons (Fsp3) is 0. The Labute approximate surface area is 137 Å². The molecule has 0 amide bonds. The molecule has 86 valence electrons. The average Bonchev–Trinajstić information content (AvgIpc) is 2.16. The molecule has 1 rings (SSSR count). The molecule has 1 aromatic rings. The van der Waals surface area contributed by atoms with Crippen LogP contribution >= 0.6 is 0 Å². The number of phenolic OH excluding ortho intramolecular Hbond substituents is 1. The molecule has 0 aromatic heterocycles. The standard InChI is InChI=1S/C6H3N3O7.K.H/c10-6-4(8(13)14)1-3(7(11)12)2-5(6)9(15)16;;/h1-2,10H;;/q;+1;-1. The minimum Gasteiger partial charge on any atom is -1.00 e. The number of nitrogens with zero attached hydrogens (tertiary/aromatic N) is 3. The minimum absolute atomic E-state index is 0. The van der Waals surface area contributed by atoms with E-state index in [9.17, 15) is 30.3 Å². The van der Waals surface area contributed by atoms with Crippen LogP contribution in [0.5, 0.6) is 5.75 Å². The molecular formula is C6H4KN3O7. The summed E-state index contributed by atoms with van der Waals surface area (Å²) >= 11 is 0. The van der Waals surface area contributed by atoms with Gasteiger partial charge in [-0.15, -0.1) is 0 Å². The van der Waals surface area contributed by atoms with Crippen LogP contribution in [0.25, 0.3) is 0 Å². The van der Waals surface area contributed by atoms with E-state index in [0.717, 1.165) is 0 Å². The molecule has 0 atom stereocenters. The third kappa shape index (κ3) is 3.40. The van der Waals surface area contributed by atoms with Crippen molar-refractivity contribution in [1.82, 2.24) is 0 Å². The molecule has 0 aliphatic heterocycles. The number of nitro groups is 3. The summed E-state index contributed by atoms with van der Waals surface area (Å²) in [6, 6.07) is 0.894. The van der Waals surface area contributed by atoms with Gasteiger partial charge in [-0.2, -0.15) is 0 Å².